The highest BCUT2D eigenvalue weighted by atomic mass is 16.5. The predicted molar refractivity (Wildman–Crippen MR) is 65.0 cm³/mol. The summed E-state index contributed by atoms with van der Waals surface area (Å²) in [4.78, 5) is 0. The van der Waals surface area contributed by atoms with E-state index in [9.17, 15) is 0 Å². The molecule has 3 nitrogen and oxygen atoms in total. The highest BCUT2D eigenvalue weighted by Crippen LogP contribution is 2.22. The molecule has 0 aromatic heterocycles. The molecule has 16 heavy (non-hydrogen) atoms. The van der Waals surface area contributed by atoms with Gasteiger partial charge in [-0.05, 0) is 25.2 Å². The third-order valence-corrected chi connectivity index (χ3v) is 2.13. The van der Waals surface area contributed by atoms with Crippen LogP contribution in [0.4, 0.5) is 0 Å². The highest BCUT2D eigenvalue weighted by Gasteiger charge is 2.01. The number of rotatable bonds is 4. The molecule has 0 radical (unpaired) electrons. The van der Waals surface area contributed by atoms with Gasteiger partial charge in [-0.25, -0.2) is 0 Å². The maximum atomic E-state index is 5.23. The summed E-state index contributed by atoms with van der Waals surface area (Å²) in [7, 11) is 5.19. The van der Waals surface area contributed by atoms with Gasteiger partial charge in [0.2, 0.25) is 0 Å². The summed E-state index contributed by atoms with van der Waals surface area (Å²) >= 11 is 0. The number of hydrogen-bond acceptors (Lipinski definition) is 3. The van der Waals surface area contributed by atoms with Crippen molar-refractivity contribution in [2.75, 3.05) is 27.8 Å². The second-order valence-electron chi connectivity index (χ2n) is 3.22. The van der Waals surface area contributed by atoms with E-state index in [1.165, 1.54) is 0 Å². The van der Waals surface area contributed by atoms with Gasteiger partial charge in [-0.1, -0.05) is 11.8 Å². The van der Waals surface area contributed by atoms with E-state index < -0.39 is 0 Å². The average molecular weight is 219 g/mol. The molecule has 0 aliphatic heterocycles. The van der Waals surface area contributed by atoms with Crippen LogP contribution in [-0.4, -0.2) is 27.8 Å². The Morgan fingerprint density at radius 2 is 2.06 bits per heavy atom. The Bertz CT molecular complexity index is 391. The zero-order chi connectivity index (χ0) is 11.8. The molecule has 0 aliphatic carbocycles. The first-order valence-electron chi connectivity index (χ1n) is 5.17. The molecule has 86 valence electrons. The van der Waals surface area contributed by atoms with E-state index in [0.717, 1.165) is 30.0 Å². The van der Waals surface area contributed by atoms with Crippen LogP contribution in [0.25, 0.3) is 0 Å². The van der Waals surface area contributed by atoms with E-state index in [2.05, 4.69) is 17.2 Å². The Kier molecular flexibility index (Phi) is 5.24. The van der Waals surface area contributed by atoms with Crippen LogP contribution in [0.2, 0.25) is 0 Å². The lowest BCUT2D eigenvalue weighted by atomic mass is 10.2. The summed E-state index contributed by atoms with van der Waals surface area (Å²) in [5, 5.41) is 3.05. The average Bonchev–Trinajstić information content (AvgIpc) is 2.34. The minimum absolute atomic E-state index is 0.776. The lowest BCUT2D eigenvalue weighted by molar-refractivity contribution is 0.402. The van der Waals surface area contributed by atoms with Gasteiger partial charge in [0.05, 0.1) is 19.8 Å². The van der Waals surface area contributed by atoms with Crippen LogP contribution in [0.5, 0.6) is 11.5 Å². The SMILES string of the molecule is CNCCC#Cc1cc(OC)ccc1OC. The molecular formula is C13H17NO2. The lowest BCUT2D eigenvalue weighted by Gasteiger charge is -2.05. The maximum Gasteiger partial charge on any atom is 0.134 e. The van der Waals surface area contributed by atoms with Crippen molar-refractivity contribution in [1.82, 2.24) is 5.32 Å². The zero-order valence-corrected chi connectivity index (χ0v) is 9.96. The predicted octanol–water partition coefficient (Wildman–Crippen LogP) is 1.66. The van der Waals surface area contributed by atoms with Crippen LogP contribution >= 0.6 is 0 Å². The number of benzene rings is 1. The number of nitrogens with one attached hydrogen (secondary N) is 1. The number of ether oxygens (including phenoxy) is 2. The third kappa shape index (κ3) is 3.48. The first-order chi connectivity index (χ1) is 7.81. The Morgan fingerprint density at radius 1 is 1.25 bits per heavy atom. The first kappa shape index (κ1) is 12.4. The molecule has 1 aromatic carbocycles. The Balaban J connectivity index is 2.85. The minimum Gasteiger partial charge on any atom is -0.497 e. The van der Waals surface area contributed by atoms with Crippen LogP contribution in [0.1, 0.15) is 12.0 Å². The topological polar surface area (TPSA) is 30.5 Å². The van der Waals surface area contributed by atoms with Gasteiger partial charge in [0.25, 0.3) is 0 Å². The molecule has 0 aliphatic rings. The fourth-order valence-electron chi connectivity index (χ4n) is 1.26. The molecule has 0 heterocycles. The number of hydrogen-bond donors (Lipinski definition) is 1. The van der Waals surface area contributed by atoms with Crippen LogP contribution < -0.4 is 14.8 Å². The Hall–Kier alpha value is -1.66. The molecule has 0 saturated heterocycles. The van der Waals surface area contributed by atoms with Gasteiger partial charge in [-0.2, -0.15) is 0 Å². The van der Waals surface area contributed by atoms with Gasteiger partial charge in [-0.15, -0.1) is 0 Å². The third-order valence-electron chi connectivity index (χ3n) is 2.13. The van der Waals surface area contributed by atoms with Gasteiger partial charge >= 0.3 is 0 Å². The van der Waals surface area contributed by atoms with Crippen molar-refractivity contribution < 1.29 is 9.47 Å². The van der Waals surface area contributed by atoms with Crippen molar-refractivity contribution in [1.29, 1.82) is 0 Å². The van der Waals surface area contributed by atoms with Gasteiger partial charge < -0.3 is 14.8 Å². The van der Waals surface area contributed by atoms with Crippen molar-refractivity contribution in [3.63, 3.8) is 0 Å². The van der Waals surface area contributed by atoms with E-state index in [0.29, 0.717) is 0 Å². The molecule has 0 spiro atoms. The van der Waals surface area contributed by atoms with Crippen molar-refractivity contribution in [2.45, 2.75) is 6.42 Å². The maximum absolute atomic E-state index is 5.23. The van der Waals surface area contributed by atoms with Crippen molar-refractivity contribution in [3.05, 3.63) is 23.8 Å². The quantitative estimate of drug-likeness (QED) is 0.617. The highest BCUT2D eigenvalue weighted by molar-refractivity contribution is 5.50. The lowest BCUT2D eigenvalue weighted by Crippen LogP contribution is -2.05. The molecule has 0 saturated carbocycles. The largest absolute Gasteiger partial charge is 0.497 e. The fraction of sp³-hybridized carbons (Fsp3) is 0.385. The van der Waals surface area contributed by atoms with E-state index >= 15 is 0 Å². The van der Waals surface area contributed by atoms with E-state index in [4.69, 9.17) is 9.47 Å². The smallest absolute Gasteiger partial charge is 0.134 e. The van der Waals surface area contributed by atoms with Gasteiger partial charge in [-0.3, -0.25) is 0 Å². The first-order valence-corrected chi connectivity index (χ1v) is 5.17. The summed E-state index contributed by atoms with van der Waals surface area (Å²) in [5.74, 6) is 7.73. The van der Waals surface area contributed by atoms with Gasteiger partial charge in [0, 0.05) is 13.0 Å². The van der Waals surface area contributed by atoms with Gasteiger partial charge in [0.1, 0.15) is 11.5 Å². The molecule has 0 fully saturated rings. The monoisotopic (exact) mass is 219 g/mol. The second-order valence-corrected chi connectivity index (χ2v) is 3.22. The summed E-state index contributed by atoms with van der Waals surface area (Å²) in [6.45, 7) is 0.888. The molecule has 1 N–H and O–H groups in total. The van der Waals surface area contributed by atoms with Crippen LogP contribution in [0.3, 0.4) is 0 Å². The molecule has 0 amide bonds. The number of methoxy groups -OCH3 is 2. The minimum atomic E-state index is 0.776. The second kappa shape index (κ2) is 6.76. The van der Waals surface area contributed by atoms with Crippen molar-refractivity contribution >= 4 is 0 Å². The van der Waals surface area contributed by atoms with E-state index in [1.807, 2.05) is 25.2 Å². The molecule has 0 bridgehead atoms. The Labute approximate surface area is 96.8 Å². The Morgan fingerprint density at radius 3 is 2.69 bits per heavy atom. The summed E-state index contributed by atoms with van der Waals surface area (Å²) in [5.41, 5.74) is 0.859. The summed E-state index contributed by atoms with van der Waals surface area (Å²) in [6, 6.07) is 5.60. The van der Waals surface area contributed by atoms with Crippen LogP contribution in [-0.2, 0) is 0 Å². The zero-order valence-electron chi connectivity index (χ0n) is 9.96. The van der Waals surface area contributed by atoms with Crippen LogP contribution in [0.15, 0.2) is 18.2 Å². The normalized spacial score (nSPS) is 9.19. The summed E-state index contributed by atoms with van der Waals surface area (Å²) in [6.07, 6.45) is 0.816. The molecule has 1 aromatic rings. The molecular weight excluding hydrogens is 202 g/mol. The molecule has 3 heteroatoms. The van der Waals surface area contributed by atoms with Crippen LogP contribution in [0, 0.1) is 11.8 Å². The fourth-order valence-corrected chi connectivity index (χ4v) is 1.26. The van der Waals surface area contributed by atoms with Crippen molar-refractivity contribution in [2.24, 2.45) is 0 Å². The molecule has 0 atom stereocenters. The van der Waals surface area contributed by atoms with E-state index in [1.54, 1.807) is 14.2 Å². The summed E-state index contributed by atoms with van der Waals surface area (Å²) < 4.78 is 10.4. The molecule has 1 rings (SSSR count). The van der Waals surface area contributed by atoms with Gasteiger partial charge in [0.15, 0.2) is 0 Å². The van der Waals surface area contributed by atoms with E-state index in [-0.39, 0.29) is 0 Å². The molecule has 0 unspecified atom stereocenters. The standard InChI is InChI=1S/C13H17NO2/c1-14-9-5-4-6-11-10-12(15-2)7-8-13(11)16-3/h7-8,10,14H,5,9H2,1-3H3. The van der Waals surface area contributed by atoms with Crippen molar-refractivity contribution in [3.8, 4) is 23.3 Å².